The molecule has 0 saturated carbocycles. The molecule has 0 radical (unpaired) electrons. The van der Waals surface area contributed by atoms with E-state index in [1.807, 2.05) is 60.7 Å². The van der Waals surface area contributed by atoms with E-state index >= 15 is 0 Å². The first-order valence-corrected chi connectivity index (χ1v) is 9.28. The Morgan fingerprint density at radius 3 is 1.74 bits per heavy atom. The second-order valence-corrected chi connectivity index (χ2v) is 8.43. The predicted octanol–water partition coefficient (Wildman–Crippen LogP) is 0.0324. The molecular formula is C18H25INO2P. The maximum Gasteiger partial charge on any atom is 0.261 e. The van der Waals surface area contributed by atoms with E-state index in [0.717, 1.165) is 28.2 Å². The molecule has 2 aromatic rings. The number of nitrogens with zero attached hydrogens (tertiary/aromatic N) is 1. The van der Waals surface area contributed by atoms with Gasteiger partial charge in [-0.3, -0.25) is 4.57 Å². The van der Waals surface area contributed by atoms with Crippen molar-refractivity contribution in [2.24, 2.45) is 0 Å². The molecule has 126 valence electrons. The van der Waals surface area contributed by atoms with E-state index in [-0.39, 0.29) is 24.0 Å². The molecule has 2 rings (SSSR count). The molecule has 0 aliphatic rings. The van der Waals surface area contributed by atoms with Gasteiger partial charge in [0.1, 0.15) is 13.2 Å². The van der Waals surface area contributed by atoms with Crippen LogP contribution in [0, 0.1) is 0 Å². The van der Waals surface area contributed by atoms with Crippen molar-refractivity contribution in [3.63, 3.8) is 0 Å². The molecule has 0 bridgehead atoms. The summed E-state index contributed by atoms with van der Waals surface area (Å²) in [5.74, 6) is 0. The van der Waals surface area contributed by atoms with E-state index in [2.05, 4.69) is 21.0 Å². The number of hydrogen-bond acceptors (Lipinski definition) is 2. The van der Waals surface area contributed by atoms with Crippen LogP contribution in [0.5, 0.6) is 0 Å². The minimum absolute atomic E-state index is 0. The molecule has 2 aromatic carbocycles. The van der Waals surface area contributed by atoms with E-state index in [4.69, 9.17) is 4.52 Å². The Morgan fingerprint density at radius 2 is 1.35 bits per heavy atom. The lowest BCUT2D eigenvalue weighted by molar-refractivity contribution is -0.888. The van der Waals surface area contributed by atoms with Gasteiger partial charge in [0.15, 0.2) is 0 Å². The maximum absolute atomic E-state index is 13.6. The molecule has 0 unspecified atom stereocenters. The summed E-state index contributed by atoms with van der Waals surface area (Å²) in [6.45, 7) is 4.47. The third-order valence-corrected chi connectivity index (χ3v) is 6.52. The zero-order valence-corrected chi connectivity index (χ0v) is 17.0. The summed E-state index contributed by atoms with van der Waals surface area (Å²) in [7, 11) is 1.27. The van der Waals surface area contributed by atoms with Gasteiger partial charge in [0, 0.05) is 10.6 Å². The highest BCUT2D eigenvalue weighted by Gasteiger charge is 2.29. The molecule has 0 spiro atoms. The van der Waals surface area contributed by atoms with E-state index in [1.165, 1.54) is 0 Å². The van der Waals surface area contributed by atoms with E-state index < -0.39 is 7.37 Å². The van der Waals surface area contributed by atoms with Crippen LogP contribution in [0.3, 0.4) is 0 Å². The van der Waals surface area contributed by atoms with Gasteiger partial charge < -0.3 is 33.0 Å². The first-order valence-electron chi connectivity index (χ1n) is 7.66. The molecule has 0 heterocycles. The molecule has 23 heavy (non-hydrogen) atoms. The van der Waals surface area contributed by atoms with Crippen molar-refractivity contribution in [2.75, 3.05) is 33.8 Å². The molecule has 5 heteroatoms. The molecule has 0 saturated heterocycles. The fourth-order valence-corrected chi connectivity index (χ4v) is 4.19. The Bertz CT molecular complexity index is 588. The number of benzene rings is 2. The van der Waals surface area contributed by atoms with Crippen LogP contribution in [-0.4, -0.2) is 38.3 Å². The molecule has 0 atom stereocenters. The van der Waals surface area contributed by atoms with Gasteiger partial charge >= 0.3 is 0 Å². The molecule has 0 aliphatic heterocycles. The minimum atomic E-state index is -3.03. The van der Waals surface area contributed by atoms with Crippen molar-refractivity contribution < 1.29 is 37.5 Å². The average Bonchev–Trinajstić information content (AvgIpc) is 2.56. The molecule has 0 fully saturated rings. The standard InChI is InChI=1S/C18H25NO2P.HI/c1-4-19(2,3)15-16-21-22(20,17-11-7-5-8-12-17)18-13-9-6-10-14-18;/h5-14H,4,15-16H2,1-3H3;1H/q+1;/p-1. The van der Waals surface area contributed by atoms with Crippen LogP contribution in [0.15, 0.2) is 60.7 Å². The molecule has 0 amide bonds. The minimum Gasteiger partial charge on any atom is -1.00 e. The van der Waals surface area contributed by atoms with Gasteiger partial charge in [-0.15, -0.1) is 0 Å². The zero-order valence-electron chi connectivity index (χ0n) is 14.0. The number of likely N-dealkylation sites (N-methyl/N-ethyl adjacent to an activating group) is 1. The van der Waals surface area contributed by atoms with Crippen molar-refractivity contribution in [3.8, 4) is 0 Å². The van der Waals surface area contributed by atoms with Gasteiger partial charge in [0.2, 0.25) is 0 Å². The van der Waals surface area contributed by atoms with Crippen LogP contribution in [0.2, 0.25) is 0 Å². The smallest absolute Gasteiger partial charge is 0.261 e. The van der Waals surface area contributed by atoms with Gasteiger partial charge in [-0.1, -0.05) is 36.4 Å². The molecular weight excluding hydrogens is 420 g/mol. The Balaban J connectivity index is 0.00000264. The van der Waals surface area contributed by atoms with Gasteiger partial charge in [0.05, 0.1) is 20.6 Å². The van der Waals surface area contributed by atoms with E-state index in [0.29, 0.717) is 6.61 Å². The summed E-state index contributed by atoms with van der Waals surface area (Å²) in [5, 5.41) is 1.51. The second kappa shape index (κ2) is 8.97. The van der Waals surface area contributed by atoms with Gasteiger partial charge in [-0.05, 0) is 31.2 Å². The quantitative estimate of drug-likeness (QED) is 0.342. The highest BCUT2D eigenvalue weighted by Crippen LogP contribution is 2.44. The summed E-state index contributed by atoms with van der Waals surface area (Å²) >= 11 is 0. The molecule has 0 N–H and O–H groups in total. The van der Waals surface area contributed by atoms with Crippen molar-refractivity contribution in [3.05, 3.63) is 60.7 Å². The lowest BCUT2D eigenvalue weighted by Crippen LogP contribution is -3.00. The fourth-order valence-electron chi connectivity index (χ4n) is 2.12. The van der Waals surface area contributed by atoms with E-state index in [1.54, 1.807) is 0 Å². The number of quaternary nitrogens is 1. The van der Waals surface area contributed by atoms with Gasteiger partial charge in [-0.25, -0.2) is 0 Å². The number of halogens is 1. The van der Waals surface area contributed by atoms with Crippen LogP contribution < -0.4 is 34.6 Å². The van der Waals surface area contributed by atoms with Crippen molar-refractivity contribution in [2.45, 2.75) is 6.92 Å². The summed E-state index contributed by atoms with van der Waals surface area (Å²) in [5.41, 5.74) is 0. The Morgan fingerprint density at radius 1 is 0.913 bits per heavy atom. The first kappa shape index (κ1) is 20.4. The molecule has 0 aromatic heterocycles. The Labute approximate surface area is 156 Å². The summed E-state index contributed by atoms with van der Waals surface area (Å²) in [6, 6.07) is 19.0. The third-order valence-electron chi connectivity index (χ3n) is 4.02. The highest BCUT2D eigenvalue weighted by atomic mass is 127. The maximum atomic E-state index is 13.6. The van der Waals surface area contributed by atoms with Crippen LogP contribution in [-0.2, 0) is 9.09 Å². The zero-order chi connectivity index (χ0) is 16.1. The predicted molar refractivity (Wildman–Crippen MR) is 93.2 cm³/mol. The van der Waals surface area contributed by atoms with Crippen molar-refractivity contribution in [1.82, 2.24) is 0 Å². The lowest BCUT2D eigenvalue weighted by Gasteiger charge is -2.29. The highest BCUT2D eigenvalue weighted by molar-refractivity contribution is 7.74. The largest absolute Gasteiger partial charge is 1.00 e. The summed E-state index contributed by atoms with van der Waals surface area (Å²) in [6.07, 6.45) is 0. The summed E-state index contributed by atoms with van der Waals surface area (Å²) in [4.78, 5) is 0. The van der Waals surface area contributed by atoms with Crippen LogP contribution in [0.4, 0.5) is 0 Å². The Kier molecular flexibility index (Phi) is 7.95. The first-order chi connectivity index (χ1) is 10.5. The average molecular weight is 445 g/mol. The van der Waals surface area contributed by atoms with Crippen molar-refractivity contribution in [1.29, 1.82) is 0 Å². The third kappa shape index (κ3) is 5.42. The van der Waals surface area contributed by atoms with Crippen LogP contribution in [0.25, 0.3) is 0 Å². The normalized spacial score (nSPS) is 11.8. The topological polar surface area (TPSA) is 26.3 Å². The second-order valence-electron chi connectivity index (χ2n) is 6.03. The van der Waals surface area contributed by atoms with E-state index in [9.17, 15) is 4.57 Å². The number of rotatable bonds is 7. The van der Waals surface area contributed by atoms with Gasteiger partial charge in [-0.2, -0.15) is 0 Å². The van der Waals surface area contributed by atoms with Crippen molar-refractivity contribution >= 4 is 18.0 Å². The monoisotopic (exact) mass is 445 g/mol. The van der Waals surface area contributed by atoms with Crippen LogP contribution >= 0.6 is 7.37 Å². The SMILES string of the molecule is CC[N+](C)(C)CCOP(=O)(c1ccccc1)c1ccccc1.[I-]. The number of hydrogen-bond donors (Lipinski definition) is 0. The van der Waals surface area contributed by atoms with Crippen LogP contribution in [0.1, 0.15) is 6.92 Å². The summed E-state index contributed by atoms with van der Waals surface area (Å²) < 4.78 is 20.4. The van der Waals surface area contributed by atoms with Gasteiger partial charge in [0.25, 0.3) is 7.37 Å². The Hall–Kier alpha value is -0.680. The lowest BCUT2D eigenvalue weighted by atomic mass is 10.4. The molecule has 3 nitrogen and oxygen atoms in total. The fraction of sp³-hybridized carbons (Fsp3) is 0.333. The molecule has 0 aliphatic carbocycles.